The van der Waals surface area contributed by atoms with E-state index in [0.717, 1.165) is 24.3 Å². The molecule has 18 heavy (non-hydrogen) atoms. The summed E-state index contributed by atoms with van der Waals surface area (Å²) in [7, 11) is 0. The van der Waals surface area contributed by atoms with E-state index in [2.05, 4.69) is 9.88 Å². The van der Waals surface area contributed by atoms with Crippen molar-refractivity contribution in [2.24, 2.45) is 0 Å². The maximum absolute atomic E-state index is 11.8. The van der Waals surface area contributed by atoms with Crippen molar-refractivity contribution in [1.82, 2.24) is 9.88 Å². The third kappa shape index (κ3) is 3.20. The highest BCUT2D eigenvalue weighted by atomic mass is 32.1. The first-order valence-corrected chi connectivity index (χ1v) is 7.06. The second-order valence-corrected chi connectivity index (χ2v) is 5.64. The fourth-order valence-corrected chi connectivity index (χ4v) is 2.66. The molecule has 1 unspecified atom stereocenters. The smallest absolute Gasteiger partial charge is 0.323 e. The number of aromatic nitrogens is 1. The minimum Gasteiger partial charge on any atom is -0.465 e. The zero-order valence-corrected chi connectivity index (χ0v) is 11.6. The second kappa shape index (κ2) is 5.67. The molecule has 2 N–H and O–H groups in total. The molecule has 1 atom stereocenters. The molecule has 1 aromatic rings. The van der Waals surface area contributed by atoms with E-state index in [1.165, 1.54) is 11.3 Å². The summed E-state index contributed by atoms with van der Waals surface area (Å²) in [6, 6.07) is 0.286. The van der Waals surface area contributed by atoms with Crippen LogP contribution in [-0.4, -0.2) is 34.5 Å². The van der Waals surface area contributed by atoms with Crippen molar-refractivity contribution in [3.05, 3.63) is 11.1 Å². The van der Waals surface area contributed by atoms with Crippen LogP contribution in [0.25, 0.3) is 0 Å². The molecule has 1 saturated carbocycles. The van der Waals surface area contributed by atoms with E-state index < -0.39 is 0 Å². The summed E-state index contributed by atoms with van der Waals surface area (Å²) in [4.78, 5) is 19.1. The van der Waals surface area contributed by atoms with Crippen molar-refractivity contribution >= 4 is 22.4 Å². The molecule has 0 aliphatic heterocycles. The Hall–Kier alpha value is -1.14. The van der Waals surface area contributed by atoms with Gasteiger partial charge in [-0.05, 0) is 26.7 Å². The zero-order valence-electron chi connectivity index (χ0n) is 10.8. The summed E-state index contributed by atoms with van der Waals surface area (Å²) in [6.45, 7) is 4.88. The SMILES string of the molecule is CCOC(=O)C(C)N(Cc1cnc(N)s1)C1CC1. The third-order valence-electron chi connectivity index (χ3n) is 3.05. The van der Waals surface area contributed by atoms with Gasteiger partial charge in [-0.1, -0.05) is 0 Å². The van der Waals surface area contributed by atoms with Crippen LogP contribution >= 0.6 is 11.3 Å². The summed E-state index contributed by atoms with van der Waals surface area (Å²) >= 11 is 1.48. The predicted octanol–water partition coefficient (Wildman–Crippen LogP) is 1.64. The summed E-state index contributed by atoms with van der Waals surface area (Å²) in [5, 5.41) is 0.574. The maximum atomic E-state index is 11.8. The van der Waals surface area contributed by atoms with E-state index in [9.17, 15) is 4.79 Å². The largest absolute Gasteiger partial charge is 0.465 e. The Balaban J connectivity index is 2.01. The topological polar surface area (TPSA) is 68.5 Å². The Bertz CT molecular complexity index is 417. The average Bonchev–Trinajstić information content (AvgIpc) is 3.09. The molecule has 1 heterocycles. The Morgan fingerprint density at radius 1 is 1.72 bits per heavy atom. The third-order valence-corrected chi connectivity index (χ3v) is 3.86. The van der Waals surface area contributed by atoms with Gasteiger partial charge in [-0.25, -0.2) is 4.98 Å². The molecule has 1 aliphatic carbocycles. The number of hydrogen-bond acceptors (Lipinski definition) is 6. The van der Waals surface area contributed by atoms with Crippen LogP contribution in [0.5, 0.6) is 0 Å². The van der Waals surface area contributed by atoms with Gasteiger partial charge in [0, 0.05) is 23.7 Å². The fourth-order valence-electron chi connectivity index (χ4n) is 1.96. The fraction of sp³-hybridized carbons (Fsp3) is 0.667. The van der Waals surface area contributed by atoms with Crippen molar-refractivity contribution in [2.75, 3.05) is 12.3 Å². The van der Waals surface area contributed by atoms with E-state index in [0.29, 0.717) is 17.8 Å². The zero-order chi connectivity index (χ0) is 13.1. The normalized spacial score (nSPS) is 16.8. The highest BCUT2D eigenvalue weighted by Gasteiger charge is 2.35. The van der Waals surface area contributed by atoms with Crippen molar-refractivity contribution in [3.63, 3.8) is 0 Å². The number of esters is 1. The van der Waals surface area contributed by atoms with Gasteiger partial charge in [0.1, 0.15) is 6.04 Å². The molecule has 1 aliphatic rings. The molecule has 0 spiro atoms. The van der Waals surface area contributed by atoms with Crippen molar-refractivity contribution in [2.45, 2.75) is 45.3 Å². The summed E-state index contributed by atoms with van der Waals surface area (Å²) in [5.74, 6) is -0.151. The van der Waals surface area contributed by atoms with Gasteiger partial charge in [-0.15, -0.1) is 11.3 Å². The number of thiazole rings is 1. The van der Waals surface area contributed by atoms with Crippen LogP contribution in [0.3, 0.4) is 0 Å². The number of ether oxygens (including phenoxy) is 1. The Labute approximate surface area is 111 Å². The quantitative estimate of drug-likeness (QED) is 0.795. The first-order valence-electron chi connectivity index (χ1n) is 6.24. The average molecular weight is 269 g/mol. The lowest BCUT2D eigenvalue weighted by Gasteiger charge is -2.26. The van der Waals surface area contributed by atoms with Crippen LogP contribution in [0.2, 0.25) is 0 Å². The standard InChI is InChI=1S/C12H19N3O2S/c1-3-17-11(16)8(2)15(9-4-5-9)7-10-6-14-12(13)18-10/h6,8-9H,3-5,7H2,1-2H3,(H2,13,14). The molecule has 0 saturated heterocycles. The molecule has 0 aromatic carbocycles. The number of rotatable bonds is 6. The molecule has 100 valence electrons. The number of carbonyl (C=O) groups excluding carboxylic acids is 1. The van der Waals surface area contributed by atoms with Gasteiger partial charge in [-0.3, -0.25) is 9.69 Å². The Morgan fingerprint density at radius 3 is 2.94 bits per heavy atom. The summed E-state index contributed by atoms with van der Waals surface area (Å²) in [6.07, 6.45) is 4.09. The minimum absolute atomic E-state index is 0.151. The number of hydrogen-bond donors (Lipinski definition) is 1. The van der Waals surface area contributed by atoms with E-state index in [-0.39, 0.29) is 12.0 Å². The van der Waals surface area contributed by atoms with Crippen molar-refractivity contribution in [1.29, 1.82) is 0 Å². The van der Waals surface area contributed by atoms with Gasteiger partial charge in [-0.2, -0.15) is 0 Å². The van der Waals surface area contributed by atoms with E-state index in [1.54, 1.807) is 6.20 Å². The van der Waals surface area contributed by atoms with Gasteiger partial charge in [0.25, 0.3) is 0 Å². The van der Waals surface area contributed by atoms with E-state index >= 15 is 0 Å². The molecule has 2 rings (SSSR count). The van der Waals surface area contributed by atoms with Crippen LogP contribution in [0.15, 0.2) is 6.20 Å². The highest BCUT2D eigenvalue weighted by Crippen LogP contribution is 2.31. The summed E-state index contributed by atoms with van der Waals surface area (Å²) in [5.41, 5.74) is 5.63. The number of nitrogens with zero attached hydrogens (tertiary/aromatic N) is 2. The lowest BCUT2D eigenvalue weighted by Crippen LogP contribution is -2.40. The van der Waals surface area contributed by atoms with Crippen LogP contribution in [0.1, 0.15) is 31.6 Å². The van der Waals surface area contributed by atoms with Gasteiger partial charge in [0.2, 0.25) is 0 Å². The highest BCUT2D eigenvalue weighted by molar-refractivity contribution is 7.15. The molecule has 0 bridgehead atoms. The van der Waals surface area contributed by atoms with E-state index in [4.69, 9.17) is 10.5 Å². The molecule has 6 heteroatoms. The number of nitrogen functional groups attached to an aromatic ring is 1. The second-order valence-electron chi connectivity index (χ2n) is 4.50. The lowest BCUT2D eigenvalue weighted by molar-refractivity contribution is -0.149. The van der Waals surface area contributed by atoms with Crippen LogP contribution in [-0.2, 0) is 16.1 Å². The molecule has 5 nitrogen and oxygen atoms in total. The van der Waals surface area contributed by atoms with Crippen molar-refractivity contribution in [3.8, 4) is 0 Å². The Kier molecular flexibility index (Phi) is 4.19. The van der Waals surface area contributed by atoms with Crippen LogP contribution in [0, 0.1) is 0 Å². The molecular weight excluding hydrogens is 250 g/mol. The molecule has 0 amide bonds. The molecule has 1 aromatic heterocycles. The predicted molar refractivity (Wildman–Crippen MR) is 71.2 cm³/mol. The molecule has 0 radical (unpaired) electrons. The molecule has 1 fully saturated rings. The van der Waals surface area contributed by atoms with E-state index in [1.807, 2.05) is 13.8 Å². The van der Waals surface area contributed by atoms with Crippen LogP contribution < -0.4 is 5.73 Å². The van der Waals surface area contributed by atoms with Gasteiger partial charge < -0.3 is 10.5 Å². The first kappa shape index (κ1) is 13.3. The molecular formula is C12H19N3O2S. The van der Waals surface area contributed by atoms with Crippen molar-refractivity contribution < 1.29 is 9.53 Å². The monoisotopic (exact) mass is 269 g/mol. The number of carbonyl (C=O) groups is 1. The first-order chi connectivity index (χ1) is 8.61. The number of nitrogens with two attached hydrogens (primary N) is 1. The minimum atomic E-state index is -0.208. The van der Waals surface area contributed by atoms with Crippen LogP contribution in [0.4, 0.5) is 5.13 Å². The van der Waals surface area contributed by atoms with Gasteiger partial charge in [0.15, 0.2) is 5.13 Å². The Morgan fingerprint density at radius 2 is 2.44 bits per heavy atom. The summed E-state index contributed by atoms with van der Waals surface area (Å²) < 4.78 is 5.09. The van der Waals surface area contributed by atoms with Gasteiger partial charge in [0.05, 0.1) is 6.61 Å². The number of anilines is 1. The van der Waals surface area contributed by atoms with Gasteiger partial charge >= 0.3 is 5.97 Å². The maximum Gasteiger partial charge on any atom is 0.323 e. The lowest BCUT2D eigenvalue weighted by atomic mass is 10.2.